The molecule has 2 aromatic rings. The van der Waals surface area contributed by atoms with E-state index in [1.54, 1.807) is 11.3 Å². The fraction of sp³-hybridized carbons (Fsp3) is 0.294. The summed E-state index contributed by atoms with van der Waals surface area (Å²) < 4.78 is 4.58. The quantitative estimate of drug-likeness (QED) is 0.587. The lowest BCUT2D eigenvalue weighted by atomic mass is 10.1. The maximum Gasteiger partial charge on any atom is 0.306 e. The van der Waals surface area contributed by atoms with Crippen molar-refractivity contribution in [3.05, 3.63) is 58.3 Å². The summed E-state index contributed by atoms with van der Waals surface area (Å²) in [5.74, 6) is 0.613. The van der Waals surface area contributed by atoms with Crippen LogP contribution >= 0.6 is 23.1 Å². The molecule has 122 valence electrons. The first-order valence-corrected chi connectivity index (χ1v) is 9.26. The highest BCUT2D eigenvalue weighted by molar-refractivity contribution is 7.99. The Morgan fingerprint density at radius 3 is 2.65 bits per heavy atom. The summed E-state index contributed by atoms with van der Waals surface area (Å²) in [6.07, 6.45) is 0.321. The summed E-state index contributed by atoms with van der Waals surface area (Å²) in [6.45, 7) is 0. The molecule has 0 aliphatic rings. The molecule has 0 aliphatic carbocycles. The average molecular weight is 349 g/mol. The van der Waals surface area contributed by atoms with Crippen molar-refractivity contribution >= 4 is 35.0 Å². The molecular formula is C17H19NO3S2. The van der Waals surface area contributed by atoms with Crippen LogP contribution in [0.3, 0.4) is 0 Å². The number of hydrogen-bond donors (Lipinski definition) is 1. The molecule has 0 saturated heterocycles. The average Bonchev–Trinajstić information content (AvgIpc) is 3.11. The fourth-order valence-corrected chi connectivity index (χ4v) is 3.57. The Bertz CT molecular complexity index is 614. The van der Waals surface area contributed by atoms with Gasteiger partial charge in [-0.25, -0.2) is 0 Å². The van der Waals surface area contributed by atoms with Gasteiger partial charge in [-0.1, -0.05) is 36.4 Å². The zero-order valence-corrected chi connectivity index (χ0v) is 14.5. The van der Waals surface area contributed by atoms with Crippen LogP contribution in [-0.2, 0) is 14.3 Å². The van der Waals surface area contributed by atoms with Gasteiger partial charge in [-0.05, 0) is 17.0 Å². The first kappa shape index (κ1) is 17.6. The molecule has 1 amide bonds. The molecule has 0 unspecified atom stereocenters. The molecule has 1 atom stereocenters. The molecule has 0 radical (unpaired) electrons. The molecule has 1 N–H and O–H groups in total. The van der Waals surface area contributed by atoms with Gasteiger partial charge in [0.25, 0.3) is 0 Å². The van der Waals surface area contributed by atoms with E-state index in [0.29, 0.717) is 17.9 Å². The van der Waals surface area contributed by atoms with Gasteiger partial charge in [0.15, 0.2) is 0 Å². The van der Waals surface area contributed by atoms with Crippen LogP contribution in [0.1, 0.15) is 22.9 Å². The molecule has 1 aromatic carbocycles. The Kier molecular flexibility index (Phi) is 7.16. The van der Waals surface area contributed by atoms with Crippen molar-refractivity contribution in [3.63, 3.8) is 0 Å². The van der Waals surface area contributed by atoms with Gasteiger partial charge in [0, 0.05) is 10.6 Å². The molecule has 2 rings (SSSR count). The fourth-order valence-electron chi connectivity index (χ4n) is 2.04. The van der Waals surface area contributed by atoms with Gasteiger partial charge in [0.2, 0.25) is 5.91 Å². The van der Waals surface area contributed by atoms with Crippen LogP contribution in [0.25, 0.3) is 0 Å². The highest BCUT2D eigenvalue weighted by atomic mass is 32.2. The number of benzene rings is 1. The van der Waals surface area contributed by atoms with Gasteiger partial charge >= 0.3 is 5.97 Å². The highest BCUT2D eigenvalue weighted by Gasteiger charge is 2.17. The Morgan fingerprint density at radius 1 is 1.22 bits per heavy atom. The van der Waals surface area contributed by atoms with Crippen molar-refractivity contribution in [2.24, 2.45) is 0 Å². The van der Waals surface area contributed by atoms with Gasteiger partial charge in [-0.15, -0.1) is 11.3 Å². The van der Waals surface area contributed by atoms with Crippen LogP contribution in [0, 0.1) is 0 Å². The van der Waals surface area contributed by atoms with E-state index in [1.807, 2.05) is 47.8 Å². The highest BCUT2D eigenvalue weighted by Crippen LogP contribution is 2.26. The summed E-state index contributed by atoms with van der Waals surface area (Å²) in [4.78, 5) is 24.3. The van der Waals surface area contributed by atoms with E-state index in [1.165, 1.54) is 18.9 Å². The molecule has 0 saturated carbocycles. The van der Waals surface area contributed by atoms with Crippen LogP contribution in [0.2, 0.25) is 0 Å². The van der Waals surface area contributed by atoms with Crippen molar-refractivity contribution in [3.8, 4) is 0 Å². The first-order valence-electron chi connectivity index (χ1n) is 7.23. The number of methoxy groups -OCH3 is 1. The van der Waals surface area contributed by atoms with Crippen LogP contribution in [0.15, 0.2) is 47.8 Å². The lowest BCUT2D eigenvalue weighted by Crippen LogP contribution is -2.30. The summed E-state index contributed by atoms with van der Waals surface area (Å²) in [5, 5.41) is 5.07. The van der Waals surface area contributed by atoms with E-state index < -0.39 is 0 Å². The molecule has 1 heterocycles. The Balaban J connectivity index is 1.91. The number of esters is 1. The molecule has 1 aromatic heterocycles. The summed E-state index contributed by atoms with van der Waals surface area (Å²) in [7, 11) is 1.37. The van der Waals surface area contributed by atoms with Gasteiger partial charge < -0.3 is 10.1 Å². The number of nitrogens with one attached hydrogen (secondary N) is 1. The topological polar surface area (TPSA) is 55.4 Å². The van der Waals surface area contributed by atoms with Crippen molar-refractivity contribution in [2.75, 3.05) is 18.6 Å². The number of carbonyl (C=O) groups is 2. The number of thiophene rings is 1. The van der Waals surface area contributed by atoms with E-state index in [-0.39, 0.29) is 17.9 Å². The molecule has 23 heavy (non-hydrogen) atoms. The van der Waals surface area contributed by atoms with Crippen LogP contribution in [0.4, 0.5) is 0 Å². The minimum Gasteiger partial charge on any atom is -0.469 e. The Morgan fingerprint density at radius 2 is 2.00 bits per heavy atom. The summed E-state index contributed by atoms with van der Waals surface area (Å²) in [6, 6.07) is 13.8. The van der Waals surface area contributed by atoms with Crippen molar-refractivity contribution in [2.45, 2.75) is 12.5 Å². The summed E-state index contributed by atoms with van der Waals surface area (Å²) in [5.41, 5.74) is 1.06. The number of thioether (sulfide) groups is 1. The van der Waals surface area contributed by atoms with Gasteiger partial charge in [-0.3, -0.25) is 9.59 Å². The molecule has 0 spiro atoms. The molecule has 0 bridgehead atoms. The number of rotatable bonds is 8. The van der Waals surface area contributed by atoms with E-state index >= 15 is 0 Å². The third-order valence-electron chi connectivity index (χ3n) is 3.18. The van der Waals surface area contributed by atoms with Crippen LogP contribution < -0.4 is 5.32 Å². The lowest BCUT2D eigenvalue weighted by molar-refractivity contribution is -0.140. The second kappa shape index (κ2) is 9.37. The van der Waals surface area contributed by atoms with Crippen LogP contribution in [0.5, 0.6) is 0 Å². The molecule has 0 aliphatic heterocycles. The molecular weight excluding hydrogens is 330 g/mol. The van der Waals surface area contributed by atoms with Gasteiger partial charge in [0.1, 0.15) is 0 Å². The van der Waals surface area contributed by atoms with E-state index in [2.05, 4.69) is 10.1 Å². The molecule has 0 fully saturated rings. The van der Waals surface area contributed by atoms with Crippen molar-refractivity contribution < 1.29 is 14.3 Å². The predicted molar refractivity (Wildman–Crippen MR) is 94.7 cm³/mol. The van der Waals surface area contributed by atoms with Gasteiger partial charge in [0.05, 0.1) is 25.3 Å². The minimum absolute atomic E-state index is 0.0397. The van der Waals surface area contributed by atoms with Crippen molar-refractivity contribution in [1.29, 1.82) is 0 Å². The molecule has 6 heteroatoms. The zero-order chi connectivity index (χ0) is 16.5. The third kappa shape index (κ3) is 5.73. The van der Waals surface area contributed by atoms with E-state index in [4.69, 9.17) is 0 Å². The van der Waals surface area contributed by atoms with E-state index in [9.17, 15) is 9.59 Å². The second-order valence-corrected chi connectivity index (χ2v) is 6.89. The lowest BCUT2D eigenvalue weighted by Gasteiger charge is -2.18. The first-order chi connectivity index (χ1) is 11.2. The monoisotopic (exact) mass is 349 g/mol. The maximum atomic E-state index is 12.2. The maximum absolute atomic E-state index is 12.2. The molecule has 4 nitrogen and oxygen atoms in total. The number of ether oxygens (including phenoxy) is 1. The number of amides is 1. The number of hydrogen-bond acceptors (Lipinski definition) is 5. The third-order valence-corrected chi connectivity index (χ3v) is 5.07. The SMILES string of the molecule is COC(=O)CCSCC(=O)N[C@H](c1ccccc1)c1cccs1. The van der Waals surface area contributed by atoms with E-state index in [0.717, 1.165) is 10.4 Å². The normalized spacial score (nSPS) is 11.7. The van der Waals surface area contributed by atoms with Gasteiger partial charge in [-0.2, -0.15) is 11.8 Å². The Hall–Kier alpha value is -1.79. The van der Waals surface area contributed by atoms with Crippen LogP contribution in [-0.4, -0.2) is 30.5 Å². The Labute approximate surface area is 144 Å². The summed E-state index contributed by atoms with van der Waals surface area (Å²) >= 11 is 3.05. The largest absolute Gasteiger partial charge is 0.469 e. The van der Waals surface area contributed by atoms with Crippen molar-refractivity contribution in [1.82, 2.24) is 5.32 Å². The second-order valence-electron chi connectivity index (χ2n) is 4.81. The zero-order valence-electron chi connectivity index (χ0n) is 12.9. The minimum atomic E-state index is -0.251. The number of carbonyl (C=O) groups excluding carboxylic acids is 2. The standard InChI is InChI=1S/C17H19NO3S2/c1-21-16(20)9-11-22-12-15(19)18-17(14-8-5-10-23-14)13-6-3-2-4-7-13/h2-8,10,17H,9,11-12H2,1H3,(H,18,19)/t17-/m1/s1. The predicted octanol–water partition coefficient (Wildman–Crippen LogP) is 3.25. The smallest absolute Gasteiger partial charge is 0.306 e.